The van der Waals surface area contributed by atoms with Crippen molar-refractivity contribution in [2.75, 3.05) is 13.1 Å². The first-order chi connectivity index (χ1) is 12.5. The smallest absolute Gasteiger partial charge is 0.147 e. The lowest BCUT2D eigenvalue weighted by Crippen LogP contribution is -2.46. The van der Waals surface area contributed by atoms with Gasteiger partial charge in [-0.15, -0.1) is 0 Å². The second kappa shape index (κ2) is 7.46. The Balaban J connectivity index is 1.58. The van der Waals surface area contributed by atoms with Gasteiger partial charge >= 0.3 is 0 Å². The minimum absolute atomic E-state index is 0.475. The maximum absolute atomic E-state index is 9.95. The zero-order chi connectivity index (χ0) is 18.3. The number of likely N-dealkylation sites (tertiary alicyclic amines) is 1. The van der Waals surface area contributed by atoms with Crippen molar-refractivity contribution >= 4 is 21.7 Å². The summed E-state index contributed by atoms with van der Waals surface area (Å²) < 4.78 is 0. The zero-order valence-corrected chi connectivity index (χ0v) is 16.4. The molecule has 0 spiro atoms. The van der Waals surface area contributed by atoms with E-state index in [9.17, 15) is 10.2 Å². The van der Waals surface area contributed by atoms with Crippen molar-refractivity contribution in [2.45, 2.75) is 70.6 Å². The number of β-amino-alcohol motifs (C(OH)–C–C–N with tert-alkyl or cyclic N) is 1. The monoisotopic (exact) mass is 376 g/mol. The molecule has 26 heavy (non-hydrogen) atoms. The second-order valence-corrected chi connectivity index (χ2v) is 9.05. The normalized spacial score (nSPS) is 30.8. The van der Waals surface area contributed by atoms with Crippen molar-refractivity contribution in [3.63, 3.8) is 0 Å². The molecule has 2 aromatic heterocycles. The van der Waals surface area contributed by atoms with Gasteiger partial charge in [0.25, 0.3) is 0 Å². The molecule has 0 unspecified atom stereocenters. The largest absolute Gasteiger partial charge is 0.390 e. The standard InChI is InChI=1S/C19H28N4O2S/c1-11-3-5-13(6-4-11)18-22-17-14(20-12(2)21-19(17)26-18)9-23-8-7-15(24)16(25)10-23/h11,13,15-16,24-25H,3-10H2,1-2H3/t11-,13-,15-,16-/m1/s1. The highest BCUT2D eigenvalue weighted by Crippen LogP contribution is 2.38. The molecule has 2 N–H and O–H groups in total. The molecular formula is C19H28N4O2S. The zero-order valence-electron chi connectivity index (χ0n) is 15.6. The lowest BCUT2D eigenvalue weighted by molar-refractivity contribution is -0.0405. The highest BCUT2D eigenvalue weighted by molar-refractivity contribution is 7.18. The molecule has 0 bridgehead atoms. The van der Waals surface area contributed by atoms with Crippen molar-refractivity contribution in [1.29, 1.82) is 0 Å². The van der Waals surface area contributed by atoms with E-state index in [2.05, 4.69) is 21.8 Å². The Morgan fingerprint density at radius 2 is 1.81 bits per heavy atom. The SMILES string of the molecule is Cc1nc(CN2CC[C@@H](O)[C@H](O)C2)c2nc([C@H]3CC[C@H](C)CC3)sc2n1. The van der Waals surface area contributed by atoms with E-state index in [1.54, 1.807) is 11.3 Å². The van der Waals surface area contributed by atoms with Gasteiger partial charge in [-0.1, -0.05) is 31.1 Å². The molecular weight excluding hydrogens is 348 g/mol. The molecule has 6 nitrogen and oxygen atoms in total. The number of piperidine rings is 1. The lowest BCUT2D eigenvalue weighted by Gasteiger charge is -2.33. The van der Waals surface area contributed by atoms with E-state index in [0.717, 1.165) is 34.3 Å². The summed E-state index contributed by atoms with van der Waals surface area (Å²) in [5, 5.41) is 20.9. The number of aryl methyl sites for hydroxylation is 1. The number of aliphatic hydroxyl groups excluding tert-OH is 2. The van der Waals surface area contributed by atoms with Crippen LogP contribution in [0.25, 0.3) is 10.3 Å². The summed E-state index contributed by atoms with van der Waals surface area (Å²) in [5.41, 5.74) is 1.87. The Labute approximate surface area is 158 Å². The van der Waals surface area contributed by atoms with Gasteiger partial charge in [0.15, 0.2) is 0 Å². The van der Waals surface area contributed by atoms with E-state index in [1.807, 2.05) is 6.92 Å². The summed E-state index contributed by atoms with van der Waals surface area (Å²) in [7, 11) is 0. The van der Waals surface area contributed by atoms with Crippen LogP contribution < -0.4 is 0 Å². The summed E-state index contributed by atoms with van der Waals surface area (Å²) in [5.74, 6) is 2.17. The van der Waals surface area contributed by atoms with Crippen LogP contribution in [-0.2, 0) is 6.54 Å². The molecule has 1 saturated carbocycles. The molecule has 2 aliphatic rings. The molecule has 3 heterocycles. The molecule has 0 radical (unpaired) electrons. The molecule has 1 aliphatic heterocycles. The van der Waals surface area contributed by atoms with Gasteiger partial charge < -0.3 is 10.2 Å². The Hall–Kier alpha value is -1.15. The van der Waals surface area contributed by atoms with Crippen molar-refractivity contribution in [3.05, 3.63) is 16.5 Å². The quantitative estimate of drug-likeness (QED) is 0.857. The van der Waals surface area contributed by atoms with Gasteiger partial charge in [-0.2, -0.15) is 0 Å². The molecule has 4 rings (SSSR count). The van der Waals surface area contributed by atoms with Gasteiger partial charge in [0.1, 0.15) is 16.2 Å². The molecule has 2 atom stereocenters. The average Bonchev–Trinajstić information content (AvgIpc) is 3.03. The summed E-state index contributed by atoms with van der Waals surface area (Å²) in [6, 6.07) is 0. The van der Waals surface area contributed by atoms with Gasteiger partial charge in [0.2, 0.25) is 0 Å². The van der Waals surface area contributed by atoms with Crippen molar-refractivity contribution < 1.29 is 10.2 Å². The van der Waals surface area contributed by atoms with E-state index >= 15 is 0 Å². The fourth-order valence-corrected chi connectivity index (χ4v) is 5.32. The van der Waals surface area contributed by atoms with Gasteiger partial charge in [-0.05, 0) is 32.1 Å². The number of hydrogen-bond donors (Lipinski definition) is 2. The van der Waals surface area contributed by atoms with Crippen LogP contribution in [0.3, 0.4) is 0 Å². The van der Waals surface area contributed by atoms with Crippen LogP contribution in [0.4, 0.5) is 0 Å². The van der Waals surface area contributed by atoms with E-state index in [1.165, 1.54) is 30.7 Å². The first-order valence-electron chi connectivity index (χ1n) is 9.72. The summed E-state index contributed by atoms with van der Waals surface area (Å²) in [4.78, 5) is 17.4. The minimum Gasteiger partial charge on any atom is -0.390 e. The summed E-state index contributed by atoms with van der Waals surface area (Å²) in [6.07, 6.45) is 4.31. The average molecular weight is 377 g/mol. The van der Waals surface area contributed by atoms with E-state index < -0.39 is 12.2 Å². The van der Waals surface area contributed by atoms with Crippen LogP contribution in [0, 0.1) is 12.8 Å². The van der Waals surface area contributed by atoms with Gasteiger partial charge in [0.05, 0.1) is 22.9 Å². The van der Waals surface area contributed by atoms with Crippen molar-refractivity contribution in [2.24, 2.45) is 5.92 Å². The molecule has 0 aromatic carbocycles. The predicted molar refractivity (Wildman–Crippen MR) is 102 cm³/mol. The lowest BCUT2D eigenvalue weighted by atomic mass is 9.83. The Kier molecular flexibility index (Phi) is 5.23. The Morgan fingerprint density at radius 1 is 1.04 bits per heavy atom. The first-order valence-corrected chi connectivity index (χ1v) is 10.5. The third-order valence-electron chi connectivity index (χ3n) is 5.83. The van der Waals surface area contributed by atoms with Crippen molar-refractivity contribution in [3.8, 4) is 0 Å². The van der Waals surface area contributed by atoms with Crippen LogP contribution >= 0.6 is 11.3 Å². The predicted octanol–water partition coefficient (Wildman–Crippen LogP) is 2.62. The van der Waals surface area contributed by atoms with Crippen LogP contribution in [0.1, 0.15) is 61.5 Å². The second-order valence-electron chi connectivity index (χ2n) is 8.04. The Bertz CT molecular complexity index is 772. The highest BCUT2D eigenvalue weighted by Gasteiger charge is 2.28. The third-order valence-corrected chi connectivity index (χ3v) is 6.94. The van der Waals surface area contributed by atoms with Gasteiger partial charge in [-0.25, -0.2) is 15.0 Å². The van der Waals surface area contributed by atoms with E-state index in [-0.39, 0.29) is 0 Å². The molecule has 0 amide bonds. The maximum Gasteiger partial charge on any atom is 0.147 e. The Morgan fingerprint density at radius 3 is 2.54 bits per heavy atom. The number of fused-ring (bicyclic) bond motifs is 1. The van der Waals surface area contributed by atoms with Crippen LogP contribution in [0.15, 0.2) is 0 Å². The number of aliphatic hydroxyl groups is 2. The summed E-state index contributed by atoms with van der Waals surface area (Å²) >= 11 is 1.73. The van der Waals surface area contributed by atoms with Crippen LogP contribution in [0.2, 0.25) is 0 Å². The molecule has 2 fully saturated rings. The maximum atomic E-state index is 9.95. The van der Waals surface area contributed by atoms with Gasteiger partial charge in [0, 0.05) is 25.6 Å². The molecule has 7 heteroatoms. The molecule has 2 aromatic rings. The summed E-state index contributed by atoms with van der Waals surface area (Å²) in [6.45, 7) is 6.16. The van der Waals surface area contributed by atoms with Crippen molar-refractivity contribution in [1.82, 2.24) is 19.9 Å². The highest BCUT2D eigenvalue weighted by atomic mass is 32.1. The van der Waals surface area contributed by atoms with Crippen LogP contribution in [-0.4, -0.2) is 55.4 Å². The first kappa shape index (κ1) is 18.2. The number of nitrogens with zero attached hydrogens (tertiary/aromatic N) is 4. The minimum atomic E-state index is -0.683. The molecule has 142 valence electrons. The third kappa shape index (κ3) is 3.76. The number of aromatic nitrogens is 3. The van der Waals surface area contributed by atoms with Crippen LogP contribution in [0.5, 0.6) is 0 Å². The van der Waals surface area contributed by atoms with E-state index in [4.69, 9.17) is 4.98 Å². The van der Waals surface area contributed by atoms with E-state index in [0.29, 0.717) is 25.4 Å². The molecule has 1 saturated heterocycles. The van der Waals surface area contributed by atoms with Gasteiger partial charge in [-0.3, -0.25) is 4.90 Å². The molecule has 1 aliphatic carbocycles. The topological polar surface area (TPSA) is 82.4 Å². The fourth-order valence-electron chi connectivity index (χ4n) is 4.14. The fraction of sp³-hybridized carbons (Fsp3) is 0.737. The number of hydrogen-bond acceptors (Lipinski definition) is 7. The number of rotatable bonds is 3. The number of thiazole rings is 1.